The van der Waals surface area contributed by atoms with E-state index in [1.54, 1.807) is 18.0 Å². The minimum absolute atomic E-state index is 0.670. The van der Waals surface area contributed by atoms with Crippen molar-refractivity contribution in [1.29, 1.82) is 0 Å². The summed E-state index contributed by atoms with van der Waals surface area (Å²) >= 11 is 7.83. The van der Waals surface area contributed by atoms with Gasteiger partial charge in [0.15, 0.2) is 11.0 Å². The van der Waals surface area contributed by atoms with Gasteiger partial charge in [-0.1, -0.05) is 36.4 Å². The molecular formula is C15H17ClN6S. The number of hydrogen-bond donors (Lipinski definition) is 0. The van der Waals surface area contributed by atoms with Crippen LogP contribution in [-0.2, 0) is 12.3 Å². The number of imidazole rings is 1. The lowest BCUT2D eigenvalue weighted by Crippen LogP contribution is -2.05. The normalized spacial score (nSPS) is 11.1. The van der Waals surface area contributed by atoms with E-state index < -0.39 is 0 Å². The van der Waals surface area contributed by atoms with E-state index in [0.717, 1.165) is 40.2 Å². The number of aryl methyl sites for hydroxylation is 1. The van der Waals surface area contributed by atoms with Crippen LogP contribution in [0.4, 0.5) is 0 Å². The number of aromatic nitrogens is 6. The van der Waals surface area contributed by atoms with Crippen LogP contribution in [0.15, 0.2) is 35.7 Å². The second kappa shape index (κ2) is 7.14. The Labute approximate surface area is 143 Å². The van der Waals surface area contributed by atoms with Crippen LogP contribution in [0.25, 0.3) is 5.69 Å². The van der Waals surface area contributed by atoms with Crippen molar-refractivity contribution < 1.29 is 0 Å². The number of halogens is 1. The lowest BCUT2D eigenvalue weighted by atomic mass is 10.2. The van der Waals surface area contributed by atoms with Crippen molar-refractivity contribution in [2.24, 2.45) is 0 Å². The van der Waals surface area contributed by atoms with Crippen LogP contribution in [-0.4, -0.2) is 29.8 Å². The minimum Gasteiger partial charge on any atom is -0.295 e. The molecule has 0 aliphatic rings. The van der Waals surface area contributed by atoms with Crippen LogP contribution in [0.3, 0.4) is 0 Å². The zero-order chi connectivity index (χ0) is 16.2. The maximum atomic E-state index is 6.23. The highest BCUT2D eigenvalue weighted by Crippen LogP contribution is 2.27. The molecule has 0 amide bonds. The summed E-state index contributed by atoms with van der Waals surface area (Å²) in [5.41, 5.74) is 2.07. The van der Waals surface area contributed by atoms with Gasteiger partial charge in [0.2, 0.25) is 0 Å². The Bertz CT molecular complexity index is 797. The smallest absolute Gasteiger partial charge is 0.173 e. The van der Waals surface area contributed by atoms with Crippen molar-refractivity contribution in [3.63, 3.8) is 0 Å². The van der Waals surface area contributed by atoms with E-state index in [0.29, 0.717) is 5.75 Å². The molecule has 0 saturated carbocycles. The summed E-state index contributed by atoms with van der Waals surface area (Å²) in [4.78, 5) is 4.44. The highest BCUT2D eigenvalue weighted by molar-refractivity contribution is 7.98. The number of hydrogen-bond acceptors (Lipinski definition) is 5. The van der Waals surface area contributed by atoms with Gasteiger partial charge in [0.05, 0.1) is 11.4 Å². The van der Waals surface area contributed by atoms with Crippen molar-refractivity contribution in [2.45, 2.75) is 37.7 Å². The van der Waals surface area contributed by atoms with Crippen LogP contribution in [0.1, 0.15) is 24.7 Å². The molecule has 2 heterocycles. The molecule has 0 bridgehead atoms. The van der Waals surface area contributed by atoms with Crippen LogP contribution in [0.5, 0.6) is 0 Å². The first-order chi connectivity index (χ1) is 11.2. The molecule has 1 aromatic carbocycles. The lowest BCUT2D eigenvalue weighted by molar-refractivity contribution is 0.564. The van der Waals surface area contributed by atoms with E-state index in [4.69, 9.17) is 11.6 Å². The summed E-state index contributed by atoms with van der Waals surface area (Å²) in [7, 11) is 0. The van der Waals surface area contributed by atoms with Crippen LogP contribution < -0.4 is 0 Å². The van der Waals surface area contributed by atoms with Crippen LogP contribution in [0, 0.1) is 6.92 Å². The van der Waals surface area contributed by atoms with E-state index in [1.165, 1.54) is 0 Å². The Balaban J connectivity index is 1.82. The molecule has 120 valence electrons. The average Bonchev–Trinajstić information content (AvgIpc) is 3.17. The Morgan fingerprint density at radius 3 is 3.00 bits per heavy atom. The number of thioether (sulfide) groups is 1. The molecule has 0 N–H and O–H groups in total. The fourth-order valence-corrected chi connectivity index (χ4v) is 3.35. The van der Waals surface area contributed by atoms with Gasteiger partial charge in [-0.05, 0) is 41.5 Å². The van der Waals surface area contributed by atoms with Gasteiger partial charge in [-0.15, -0.1) is 5.10 Å². The second-order valence-electron chi connectivity index (χ2n) is 5.07. The third-order valence-corrected chi connectivity index (χ3v) is 4.85. The molecule has 23 heavy (non-hydrogen) atoms. The Morgan fingerprint density at radius 2 is 2.17 bits per heavy atom. The zero-order valence-electron chi connectivity index (χ0n) is 13.0. The summed E-state index contributed by atoms with van der Waals surface area (Å²) in [5, 5.41) is 13.5. The number of benzene rings is 1. The average molecular weight is 349 g/mol. The van der Waals surface area contributed by atoms with Crippen LogP contribution in [0.2, 0.25) is 5.02 Å². The lowest BCUT2D eigenvalue weighted by Gasteiger charge is -2.11. The Morgan fingerprint density at radius 1 is 1.30 bits per heavy atom. The maximum Gasteiger partial charge on any atom is 0.173 e. The second-order valence-corrected chi connectivity index (χ2v) is 6.42. The zero-order valence-corrected chi connectivity index (χ0v) is 14.5. The van der Waals surface area contributed by atoms with Gasteiger partial charge in [-0.25, -0.2) is 9.67 Å². The van der Waals surface area contributed by atoms with Crippen molar-refractivity contribution in [1.82, 2.24) is 29.8 Å². The molecule has 3 rings (SSSR count). The van der Waals surface area contributed by atoms with Crippen molar-refractivity contribution in [3.8, 4) is 5.69 Å². The standard InChI is InChI=1S/C15H17ClN6S/c1-3-8-22-14(18-19-20-22)10-23-15-17-7-9-21(15)13-6-4-5-12(16)11(13)2/h4-7,9H,3,8,10H2,1-2H3. The third kappa shape index (κ3) is 3.40. The predicted octanol–water partition coefficient (Wildman–Crippen LogP) is 3.52. The summed E-state index contributed by atoms with van der Waals surface area (Å²) in [5.74, 6) is 1.53. The molecular weight excluding hydrogens is 332 g/mol. The molecule has 0 atom stereocenters. The minimum atomic E-state index is 0.670. The molecule has 0 spiro atoms. The fraction of sp³-hybridized carbons (Fsp3) is 0.333. The van der Waals surface area contributed by atoms with Crippen LogP contribution >= 0.6 is 23.4 Å². The predicted molar refractivity (Wildman–Crippen MR) is 91.0 cm³/mol. The van der Waals surface area contributed by atoms with E-state index in [9.17, 15) is 0 Å². The maximum absolute atomic E-state index is 6.23. The van der Waals surface area contributed by atoms with Gasteiger partial charge in [0.1, 0.15) is 0 Å². The van der Waals surface area contributed by atoms with Gasteiger partial charge in [-0.3, -0.25) is 4.57 Å². The number of rotatable bonds is 6. The van der Waals surface area contributed by atoms with Crippen molar-refractivity contribution >= 4 is 23.4 Å². The highest BCUT2D eigenvalue weighted by Gasteiger charge is 2.12. The summed E-state index contributed by atoms with van der Waals surface area (Å²) in [6.07, 6.45) is 4.73. The molecule has 0 saturated heterocycles. The fourth-order valence-electron chi connectivity index (χ4n) is 2.28. The summed E-state index contributed by atoms with van der Waals surface area (Å²) < 4.78 is 3.88. The SMILES string of the molecule is CCCn1nnnc1CSc1nccn1-c1cccc(Cl)c1C. The van der Waals surface area contributed by atoms with E-state index >= 15 is 0 Å². The topological polar surface area (TPSA) is 61.4 Å². The van der Waals surface area contributed by atoms with Gasteiger partial charge >= 0.3 is 0 Å². The molecule has 0 aliphatic heterocycles. The Kier molecular flexibility index (Phi) is 4.97. The van der Waals surface area contributed by atoms with Gasteiger partial charge in [0, 0.05) is 24.0 Å². The van der Waals surface area contributed by atoms with E-state index in [-0.39, 0.29) is 0 Å². The Hall–Kier alpha value is -1.86. The monoisotopic (exact) mass is 348 g/mol. The van der Waals surface area contributed by atoms with Gasteiger partial charge in [-0.2, -0.15) is 0 Å². The third-order valence-electron chi connectivity index (χ3n) is 3.48. The van der Waals surface area contributed by atoms with Crippen molar-refractivity contribution in [3.05, 3.63) is 47.0 Å². The molecule has 0 aliphatic carbocycles. The molecule has 0 fully saturated rings. The number of tetrazole rings is 1. The first kappa shape index (κ1) is 16.0. The number of nitrogens with zero attached hydrogens (tertiary/aromatic N) is 6. The first-order valence-corrected chi connectivity index (χ1v) is 8.73. The molecule has 0 radical (unpaired) electrons. The molecule has 3 aromatic rings. The quantitative estimate of drug-likeness (QED) is 0.638. The summed E-state index contributed by atoms with van der Waals surface area (Å²) in [6, 6.07) is 5.87. The molecule has 2 aromatic heterocycles. The molecule has 8 heteroatoms. The van der Waals surface area contributed by atoms with Crippen molar-refractivity contribution in [2.75, 3.05) is 0 Å². The largest absolute Gasteiger partial charge is 0.295 e. The van der Waals surface area contributed by atoms with Gasteiger partial charge in [0.25, 0.3) is 0 Å². The van der Waals surface area contributed by atoms with E-state index in [1.807, 2.05) is 40.6 Å². The first-order valence-electron chi connectivity index (χ1n) is 7.37. The van der Waals surface area contributed by atoms with Gasteiger partial charge < -0.3 is 0 Å². The molecule has 6 nitrogen and oxygen atoms in total. The molecule has 0 unspecified atom stereocenters. The highest BCUT2D eigenvalue weighted by atomic mass is 35.5. The summed E-state index contributed by atoms with van der Waals surface area (Å²) in [6.45, 7) is 4.94. The van der Waals surface area contributed by atoms with E-state index in [2.05, 4.69) is 27.4 Å².